The van der Waals surface area contributed by atoms with Crippen LogP contribution in [-0.2, 0) is 0 Å². The van der Waals surface area contributed by atoms with Crippen LogP contribution in [0.25, 0.3) is 6.08 Å². The number of amides is 1. The summed E-state index contributed by atoms with van der Waals surface area (Å²) in [5.74, 6) is 0.513. The molecule has 0 saturated heterocycles. The second kappa shape index (κ2) is 9.30. The summed E-state index contributed by atoms with van der Waals surface area (Å²) in [6.07, 6.45) is 4.58. The molecule has 0 unspecified atom stereocenters. The number of ether oxygens (including phenoxy) is 1. The van der Waals surface area contributed by atoms with E-state index in [4.69, 9.17) is 4.74 Å². The van der Waals surface area contributed by atoms with Gasteiger partial charge < -0.3 is 4.74 Å². The monoisotopic (exact) mass is 322 g/mol. The van der Waals surface area contributed by atoms with Crippen LogP contribution in [0.1, 0.15) is 36.2 Å². The molecule has 0 radical (unpaired) electrons. The molecule has 0 spiro atoms. The Morgan fingerprint density at radius 3 is 2.50 bits per heavy atom. The lowest BCUT2D eigenvalue weighted by atomic mass is 10.1. The maximum atomic E-state index is 12.0. The van der Waals surface area contributed by atoms with E-state index in [1.807, 2.05) is 50.3 Å². The first kappa shape index (κ1) is 17.5. The molecule has 1 amide bonds. The third kappa shape index (κ3) is 5.72. The molecule has 1 N–H and O–H groups in total. The number of carbonyl (C=O) groups is 1. The number of carbonyl (C=O) groups excluding carboxylic acids is 1. The van der Waals surface area contributed by atoms with Gasteiger partial charge >= 0.3 is 0 Å². The highest BCUT2D eigenvalue weighted by Gasteiger charge is 2.04. The van der Waals surface area contributed by atoms with Gasteiger partial charge in [0.1, 0.15) is 5.75 Å². The normalized spacial score (nSPS) is 11.5. The number of nitrogens with zero attached hydrogens (tertiary/aromatic N) is 1. The second-order valence-electron chi connectivity index (χ2n) is 5.37. The number of rotatable bonds is 7. The van der Waals surface area contributed by atoms with Crippen LogP contribution in [0.4, 0.5) is 0 Å². The predicted molar refractivity (Wildman–Crippen MR) is 98.3 cm³/mol. The van der Waals surface area contributed by atoms with Gasteiger partial charge in [0.2, 0.25) is 0 Å². The number of hydrogen-bond donors (Lipinski definition) is 1. The van der Waals surface area contributed by atoms with Crippen molar-refractivity contribution < 1.29 is 9.53 Å². The fraction of sp³-hybridized carbons (Fsp3) is 0.200. The Balaban J connectivity index is 1.89. The smallest absolute Gasteiger partial charge is 0.271 e. The van der Waals surface area contributed by atoms with E-state index in [1.54, 1.807) is 30.5 Å². The summed E-state index contributed by atoms with van der Waals surface area (Å²) >= 11 is 0. The van der Waals surface area contributed by atoms with Gasteiger partial charge in [-0.2, -0.15) is 5.10 Å². The quantitative estimate of drug-likeness (QED) is 0.610. The minimum absolute atomic E-state index is 0.249. The van der Waals surface area contributed by atoms with E-state index < -0.39 is 0 Å². The summed E-state index contributed by atoms with van der Waals surface area (Å²) in [6, 6.07) is 17.0. The number of nitrogens with one attached hydrogen (secondary N) is 1. The van der Waals surface area contributed by atoms with E-state index in [2.05, 4.69) is 10.5 Å². The lowest BCUT2D eigenvalue weighted by molar-refractivity contribution is 0.0955. The van der Waals surface area contributed by atoms with Gasteiger partial charge in [-0.25, -0.2) is 5.43 Å². The van der Waals surface area contributed by atoms with Gasteiger partial charge in [0.25, 0.3) is 5.91 Å². The molecule has 0 heterocycles. The molecule has 2 aromatic carbocycles. The molecular weight excluding hydrogens is 300 g/mol. The SMILES string of the molecule is CCCOc1ccc(C(=O)NN=CC(C)=Cc2ccccc2)cc1. The molecule has 4 heteroatoms. The molecule has 2 aromatic rings. The summed E-state index contributed by atoms with van der Waals surface area (Å²) < 4.78 is 5.49. The van der Waals surface area contributed by atoms with Crippen molar-refractivity contribution in [1.29, 1.82) is 0 Å². The fourth-order valence-corrected chi connectivity index (χ4v) is 2.03. The summed E-state index contributed by atoms with van der Waals surface area (Å²) in [7, 11) is 0. The maximum absolute atomic E-state index is 12.0. The van der Waals surface area contributed by atoms with E-state index in [0.717, 1.165) is 23.3 Å². The van der Waals surface area contributed by atoms with Gasteiger partial charge in [-0.3, -0.25) is 4.79 Å². The number of hydrogen-bond acceptors (Lipinski definition) is 3. The van der Waals surface area contributed by atoms with Crippen LogP contribution in [-0.4, -0.2) is 18.7 Å². The van der Waals surface area contributed by atoms with E-state index in [9.17, 15) is 4.79 Å². The first-order chi connectivity index (χ1) is 11.7. The van der Waals surface area contributed by atoms with Crippen molar-refractivity contribution in [3.05, 3.63) is 71.3 Å². The van der Waals surface area contributed by atoms with Gasteiger partial charge in [-0.15, -0.1) is 0 Å². The minimum Gasteiger partial charge on any atom is -0.494 e. The molecule has 0 aliphatic carbocycles. The van der Waals surface area contributed by atoms with Gasteiger partial charge in [-0.1, -0.05) is 43.3 Å². The van der Waals surface area contributed by atoms with E-state index in [1.165, 1.54) is 0 Å². The molecule has 0 atom stereocenters. The van der Waals surface area contributed by atoms with Crippen LogP contribution in [0.15, 0.2) is 65.3 Å². The van der Waals surface area contributed by atoms with E-state index in [0.29, 0.717) is 12.2 Å². The Morgan fingerprint density at radius 2 is 1.83 bits per heavy atom. The Kier molecular flexibility index (Phi) is 6.77. The average Bonchev–Trinajstić information content (AvgIpc) is 2.61. The summed E-state index contributed by atoms with van der Waals surface area (Å²) in [5.41, 5.74) is 5.11. The van der Waals surface area contributed by atoms with Crippen LogP contribution in [0.3, 0.4) is 0 Å². The van der Waals surface area contributed by atoms with Gasteiger partial charge in [0, 0.05) is 5.56 Å². The van der Waals surface area contributed by atoms with E-state index in [-0.39, 0.29) is 5.91 Å². The van der Waals surface area contributed by atoms with Crippen molar-refractivity contribution in [2.24, 2.45) is 5.10 Å². The lowest BCUT2D eigenvalue weighted by Crippen LogP contribution is -2.17. The zero-order valence-electron chi connectivity index (χ0n) is 14.0. The van der Waals surface area contributed by atoms with Crippen molar-refractivity contribution in [3.8, 4) is 5.75 Å². The standard InChI is InChI=1S/C20H22N2O2/c1-3-13-24-19-11-9-18(10-12-19)20(23)22-21-15-16(2)14-17-7-5-4-6-8-17/h4-12,14-15H,3,13H2,1-2H3,(H,22,23). The molecule has 24 heavy (non-hydrogen) atoms. The van der Waals surface area contributed by atoms with Crippen LogP contribution in [0.5, 0.6) is 5.75 Å². The van der Waals surface area contributed by atoms with E-state index >= 15 is 0 Å². The van der Waals surface area contributed by atoms with Crippen molar-refractivity contribution in [1.82, 2.24) is 5.43 Å². The Bertz CT molecular complexity index is 704. The minimum atomic E-state index is -0.249. The summed E-state index contributed by atoms with van der Waals surface area (Å²) in [4.78, 5) is 12.0. The molecule has 0 aliphatic heterocycles. The molecular formula is C20H22N2O2. The zero-order chi connectivity index (χ0) is 17.2. The van der Waals surface area contributed by atoms with Crippen molar-refractivity contribution in [2.45, 2.75) is 20.3 Å². The largest absolute Gasteiger partial charge is 0.494 e. The second-order valence-corrected chi connectivity index (χ2v) is 5.37. The molecule has 0 bridgehead atoms. The van der Waals surface area contributed by atoms with Gasteiger partial charge in [-0.05, 0) is 48.7 Å². The molecule has 0 saturated carbocycles. The van der Waals surface area contributed by atoms with Crippen LogP contribution < -0.4 is 10.2 Å². The number of hydrazone groups is 1. The molecule has 4 nitrogen and oxygen atoms in total. The Hall–Kier alpha value is -2.88. The zero-order valence-corrected chi connectivity index (χ0v) is 14.0. The first-order valence-corrected chi connectivity index (χ1v) is 7.98. The Morgan fingerprint density at radius 1 is 1.12 bits per heavy atom. The highest BCUT2D eigenvalue weighted by atomic mass is 16.5. The Labute approximate surface area is 142 Å². The number of benzene rings is 2. The van der Waals surface area contributed by atoms with Crippen molar-refractivity contribution >= 4 is 18.2 Å². The predicted octanol–water partition coefficient (Wildman–Crippen LogP) is 4.29. The lowest BCUT2D eigenvalue weighted by Gasteiger charge is -2.05. The molecule has 0 aliphatic rings. The van der Waals surface area contributed by atoms with Crippen LogP contribution in [0.2, 0.25) is 0 Å². The molecule has 0 fully saturated rings. The van der Waals surface area contributed by atoms with Gasteiger partial charge in [0.15, 0.2) is 0 Å². The summed E-state index contributed by atoms with van der Waals surface area (Å²) in [6.45, 7) is 4.65. The average molecular weight is 322 g/mol. The fourth-order valence-electron chi connectivity index (χ4n) is 2.03. The highest BCUT2D eigenvalue weighted by Crippen LogP contribution is 2.12. The topological polar surface area (TPSA) is 50.7 Å². The third-order valence-corrected chi connectivity index (χ3v) is 3.22. The first-order valence-electron chi connectivity index (χ1n) is 7.98. The molecule has 124 valence electrons. The third-order valence-electron chi connectivity index (χ3n) is 3.22. The molecule has 0 aromatic heterocycles. The van der Waals surface area contributed by atoms with Crippen LogP contribution in [0, 0.1) is 0 Å². The number of allylic oxidation sites excluding steroid dienone is 1. The van der Waals surface area contributed by atoms with Crippen LogP contribution >= 0.6 is 0 Å². The van der Waals surface area contributed by atoms with Crippen molar-refractivity contribution in [2.75, 3.05) is 6.61 Å². The van der Waals surface area contributed by atoms with Crippen molar-refractivity contribution in [3.63, 3.8) is 0 Å². The maximum Gasteiger partial charge on any atom is 0.271 e. The highest BCUT2D eigenvalue weighted by molar-refractivity contribution is 5.95. The van der Waals surface area contributed by atoms with Gasteiger partial charge in [0.05, 0.1) is 12.8 Å². The molecule has 2 rings (SSSR count). The summed E-state index contributed by atoms with van der Waals surface area (Å²) in [5, 5.41) is 3.99.